The summed E-state index contributed by atoms with van der Waals surface area (Å²) in [5, 5.41) is 2.86. The molecule has 0 aromatic heterocycles. The summed E-state index contributed by atoms with van der Waals surface area (Å²) in [5.41, 5.74) is 0.588. The molecule has 0 spiro atoms. The quantitative estimate of drug-likeness (QED) is 0.791. The Labute approximate surface area is 158 Å². The van der Waals surface area contributed by atoms with E-state index in [1.165, 1.54) is 6.07 Å². The average molecular weight is 373 g/mol. The van der Waals surface area contributed by atoms with Crippen LogP contribution < -0.4 is 19.7 Å². The Balaban J connectivity index is 1.37. The fourth-order valence-electron chi connectivity index (χ4n) is 2.97. The van der Waals surface area contributed by atoms with Crippen LogP contribution in [0, 0.1) is 5.82 Å². The van der Waals surface area contributed by atoms with Crippen molar-refractivity contribution in [1.29, 1.82) is 0 Å². The summed E-state index contributed by atoms with van der Waals surface area (Å²) in [6, 6.07) is 13.9. The van der Waals surface area contributed by atoms with E-state index < -0.39 is 0 Å². The molecule has 1 heterocycles. The molecule has 2 amide bonds. The van der Waals surface area contributed by atoms with E-state index in [0.29, 0.717) is 45.0 Å². The Kier molecular flexibility index (Phi) is 6.35. The number of halogens is 1. The van der Waals surface area contributed by atoms with Gasteiger partial charge < -0.3 is 24.6 Å². The largest absolute Gasteiger partial charge is 0.497 e. The van der Waals surface area contributed by atoms with Crippen LogP contribution in [0.1, 0.15) is 0 Å². The summed E-state index contributed by atoms with van der Waals surface area (Å²) in [4.78, 5) is 16.0. The molecule has 1 saturated heterocycles. The highest BCUT2D eigenvalue weighted by atomic mass is 19.1. The molecule has 0 unspecified atom stereocenters. The number of carbonyl (C=O) groups excluding carboxylic acids is 1. The molecule has 144 valence electrons. The van der Waals surface area contributed by atoms with Crippen LogP contribution in [0.3, 0.4) is 0 Å². The molecular weight excluding hydrogens is 349 g/mol. The van der Waals surface area contributed by atoms with Crippen molar-refractivity contribution < 1.29 is 18.7 Å². The lowest BCUT2D eigenvalue weighted by atomic mass is 10.2. The fraction of sp³-hybridized carbons (Fsp3) is 0.350. The molecule has 1 aliphatic heterocycles. The number of rotatable bonds is 6. The molecule has 2 aromatic carbocycles. The van der Waals surface area contributed by atoms with Crippen molar-refractivity contribution in [1.82, 2.24) is 10.2 Å². The first kappa shape index (κ1) is 18.8. The molecule has 0 bridgehead atoms. The molecule has 1 N–H and O–H groups in total. The SMILES string of the molecule is COc1ccc(OCCNC(=O)N2CCN(c3ccccc3F)CC2)cc1. The normalized spacial score (nSPS) is 14.0. The Morgan fingerprint density at radius 3 is 2.37 bits per heavy atom. The molecular formula is C20H24FN3O3. The highest BCUT2D eigenvalue weighted by Gasteiger charge is 2.22. The smallest absolute Gasteiger partial charge is 0.317 e. The van der Waals surface area contributed by atoms with E-state index in [2.05, 4.69) is 5.32 Å². The summed E-state index contributed by atoms with van der Waals surface area (Å²) in [6.45, 7) is 3.12. The van der Waals surface area contributed by atoms with Crippen molar-refractivity contribution in [2.24, 2.45) is 0 Å². The zero-order valence-corrected chi connectivity index (χ0v) is 15.4. The van der Waals surface area contributed by atoms with Crippen LogP contribution in [0.2, 0.25) is 0 Å². The minimum absolute atomic E-state index is 0.124. The number of ether oxygens (including phenoxy) is 2. The van der Waals surface area contributed by atoms with Crippen LogP contribution in [-0.2, 0) is 0 Å². The third kappa shape index (κ3) is 5.03. The zero-order chi connectivity index (χ0) is 19.1. The number of urea groups is 1. The minimum atomic E-state index is -0.230. The van der Waals surface area contributed by atoms with Gasteiger partial charge in [-0.3, -0.25) is 0 Å². The summed E-state index contributed by atoms with van der Waals surface area (Å²) in [6.07, 6.45) is 0. The van der Waals surface area contributed by atoms with E-state index in [-0.39, 0.29) is 11.8 Å². The van der Waals surface area contributed by atoms with Crippen molar-refractivity contribution in [2.45, 2.75) is 0 Å². The van der Waals surface area contributed by atoms with Crippen molar-refractivity contribution >= 4 is 11.7 Å². The molecule has 27 heavy (non-hydrogen) atoms. The molecule has 2 aromatic rings. The standard InChI is InChI=1S/C20H24FN3O3/c1-26-16-6-8-17(9-7-16)27-15-10-22-20(25)24-13-11-23(12-14-24)19-5-3-2-4-18(19)21/h2-9H,10-15H2,1H3,(H,22,25). The van der Waals surface area contributed by atoms with Crippen molar-refractivity contribution in [3.63, 3.8) is 0 Å². The Morgan fingerprint density at radius 2 is 1.70 bits per heavy atom. The maximum Gasteiger partial charge on any atom is 0.317 e. The van der Waals surface area contributed by atoms with Crippen LogP contribution in [0.5, 0.6) is 11.5 Å². The molecule has 0 atom stereocenters. The number of methoxy groups -OCH3 is 1. The number of hydrogen-bond acceptors (Lipinski definition) is 4. The van der Waals surface area contributed by atoms with Gasteiger partial charge in [-0.15, -0.1) is 0 Å². The molecule has 0 radical (unpaired) electrons. The number of benzene rings is 2. The van der Waals surface area contributed by atoms with Gasteiger partial charge in [0.25, 0.3) is 0 Å². The summed E-state index contributed by atoms with van der Waals surface area (Å²) in [5.74, 6) is 1.26. The van der Waals surface area contributed by atoms with Gasteiger partial charge in [0, 0.05) is 26.2 Å². The predicted octanol–water partition coefficient (Wildman–Crippen LogP) is 2.74. The van der Waals surface area contributed by atoms with Gasteiger partial charge in [-0.2, -0.15) is 0 Å². The monoisotopic (exact) mass is 373 g/mol. The van der Waals surface area contributed by atoms with E-state index in [9.17, 15) is 9.18 Å². The van der Waals surface area contributed by atoms with Gasteiger partial charge in [0.05, 0.1) is 19.3 Å². The third-order valence-electron chi connectivity index (χ3n) is 4.47. The number of piperazine rings is 1. The van der Waals surface area contributed by atoms with Gasteiger partial charge in [-0.1, -0.05) is 12.1 Å². The predicted molar refractivity (Wildman–Crippen MR) is 102 cm³/mol. The molecule has 6 nitrogen and oxygen atoms in total. The Morgan fingerprint density at radius 1 is 1.04 bits per heavy atom. The first-order valence-corrected chi connectivity index (χ1v) is 8.96. The van der Waals surface area contributed by atoms with Crippen LogP contribution in [-0.4, -0.2) is 57.4 Å². The highest BCUT2D eigenvalue weighted by Crippen LogP contribution is 2.20. The van der Waals surface area contributed by atoms with Crippen LogP contribution >= 0.6 is 0 Å². The summed E-state index contributed by atoms with van der Waals surface area (Å²) < 4.78 is 24.5. The van der Waals surface area contributed by atoms with E-state index >= 15 is 0 Å². The van der Waals surface area contributed by atoms with Gasteiger partial charge in [-0.25, -0.2) is 9.18 Å². The minimum Gasteiger partial charge on any atom is -0.497 e. The third-order valence-corrected chi connectivity index (χ3v) is 4.47. The van der Waals surface area contributed by atoms with Crippen LogP contribution in [0.15, 0.2) is 48.5 Å². The number of anilines is 1. The van der Waals surface area contributed by atoms with E-state index in [4.69, 9.17) is 9.47 Å². The van der Waals surface area contributed by atoms with E-state index in [1.807, 2.05) is 35.2 Å². The number of para-hydroxylation sites is 1. The van der Waals surface area contributed by atoms with Crippen molar-refractivity contribution in [3.8, 4) is 11.5 Å². The molecule has 0 saturated carbocycles. The zero-order valence-electron chi connectivity index (χ0n) is 15.4. The Bertz CT molecular complexity index is 746. The van der Waals surface area contributed by atoms with E-state index in [0.717, 1.165) is 11.5 Å². The van der Waals surface area contributed by atoms with Crippen LogP contribution in [0.25, 0.3) is 0 Å². The maximum atomic E-state index is 13.9. The number of amides is 2. The van der Waals surface area contributed by atoms with Gasteiger partial charge in [-0.05, 0) is 36.4 Å². The number of hydrogen-bond donors (Lipinski definition) is 1. The first-order valence-electron chi connectivity index (χ1n) is 8.96. The Hall–Kier alpha value is -2.96. The van der Waals surface area contributed by atoms with Crippen LogP contribution in [0.4, 0.5) is 14.9 Å². The number of carbonyl (C=O) groups is 1. The number of nitrogens with one attached hydrogen (secondary N) is 1. The van der Waals surface area contributed by atoms with Gasteiger partial charge >= 0.3 is 6.03 Å². The average Bonchev–Trinajstić information content (AvgIpc) is 2.72. The first-order chi connectivity index (χ1) is 13.2. The lowest BCUT2D eigenvalue weighted by Gasteiger charge is -2.36. The molecule has 3 rings (SSSR count). The maximum absolute atomic E-state index is 13.9. The molecule has 0 aliphatic carbocycles. The second kappa shape index (κ2) is 9.12. The number of nitrogens with zero attached hydrogens (tertiary/aromatic N) is 2. The highest BCUT2D eigenvalue weighted by molar-refractivity contribution is 5.74. The molecule has 1 fully saturated rings. The lowest BCUT2D eigenvalue weighted by Crippen LogP contribution is -2.52. The topological polar surface area (TPSA) is 54.0 Å². The second-order valence-corrected chi connectivity index (χ2v) is 6.18. The lowest BCUT2D eigenvalue weighted by molar-refractivity contribution is 0.191. The summed E-state index contributed by atoms with van der Waals surface area (Å²) >= 11 is 0. The van der Waals surface area contributed by atoms with E-state index in [1.54, 1.807) is 24.1 Å². The van der Waals surface area contributed by atoms with Gasteiger partial charge in [0.1, 0.15) is 23.9 Å². The summed E-state index contributed by atoms with van der Waals surface area (Å²) in [7, 11) is 1.61. The van der Waals surface area contributed by atoms with Gasteiger partial charge in [0.15, 0.2) is 0 Å². The fourth-order valence-corrected chi connectivity index (χ4v) is 2.97. The van der Waals surface area contributed by atoms with Gasteiger partial charge in [0.2, 0.25) is 0 Å². The van der Waals surface area contributed by atoms with Crippen molar-refractivity contribution in [2.75, 3.05) is 51.3 Å². The molecule has 1 aliphatic rings. The second-order valence-electron chi connectivity index (χ2n) is 6.18. The van der Waals surface area contributed by atoms with Crippen molar-refractivity contribution in [3.05, 3.63) is 54.3 Å². The molecule has 7 heteroatoms.